The van der Waals surface area contributed by atoms with Gasteiger partial charge >= 0.3 is 0 Å². The molecule has 19 heavy (non-hydrogen) atoms. The third-order valence-electron chi connectivity index (χ3n) is 2.65. The van der Waals surface area contributed by atoms with Crippen LogP contribution in [0.25, 0.3) is 0 Å². The Morgan fingerprint density at radius 3 is 2.95 bits per heavy atom. The first-order chi connectivity index (χ1) is 9.11. The standard InChI is InChI=1S/C13H12ClFN2O2/c1-19-12-6-8(16-7-17-12)5-11(18)9-3-2-4-10(14)13(9)15/h2-4,6-7,11,18H,5H2,1H3. The normalized spacial score (nSPS) is 12.2. The SMILES string of the molecule is COc1cc(CC(O)c2cccc(Cl)c2F)ncn1. The van der Waals surface area contributed by atoms with E-state index in [1.54, 1.807) is 12.1 Å². The molecule has 0 bridgehead atoms. The molecule has 100 valence electrons. The summed E-state index contributed by atoms with van der Waals surface area (Å²) in [6, 6.07) is 6.10. The van der Waals surface area contributed by atoms with Gasteiger partial charge in [0.25, 0.3) is 0 Å². The van der Waals surface area contributed by atoms with Crippen LogP contribution in [0, 0.1) is 5.82 Å². The topological polar surface area (TPSA) is 55.2 Å². The molecule has 0 saturated carbocycles. The Bertz CT molecular complexity index is 580. The number of benzene rings is 1. The van der Waals surface area contributed by atoms with Crippen molar-refractivity contribution < 1.29 is 14.2 Å². The van der Waals surface area contributed by atoms with Gasteiger partial charge < -0.3 is 9.84 Å². The van der Waals surface area contributed by atoms with E-state index in [2.05, 4.69) is 9.97 Å². The summed E-state index contributed by atoms with van der Waals surface area (Å²) in [5.74, 6) is -0.221. The molecular formula is C13H12ClFN2O2. The van der Waals surface area contributed by atoms with Gasteiger partial charge in [-0.25, -0.2) is 14.4 Å². The van der Waals surface area contributed by atoms with E-state index in [4.69, 9.17) is 16.3 Å². The van der Waals surface area contributed by atoms with Gasteiger partial charge in [-0.05, 0) is 6.07 Å². The average Bonchev–Trinajstić information content (AvgIpc) is 2.42. The van der Waals surface area contributed by atoms with Crippen molar-refractivity contribution in [1.29, 1.82) is 0 Å². The first-order valence-electron chi connectivity index (χ1n) is 5.58. The lowest BCUT2D eigenvalue weighted by Gasteiger charge is -2.12. The third kappa shape index (κ3) is 3.19. The van der Waals surface area contributed by atoms with Gasteiger partial charge in [-0.2, -0.15) is 0 Å². The van der Waals surface area contributed by atoms with Crippen LogP contribution in [0.3, 0.4) is 0 Å². The van der Waals surface area contributed by atoms with Crippen molar-refractivity contribution in [2.75, 3.05) is 7.11 Å². The summed E-state index contributed by atoms with van der Waals surface area (Å²) in [6.07, 6.45) is 0.448. The summed E-state index contributed by atoms with van der Waals surface area (Å²) in [4.78, 5) is 7.86. The summed E-state index contributed by atoms with van der Waals surface area (Å²) in [5, 5.41) is 10.0. The van der Waals surface area contributed by atoms with Crippen LogP contribution in [-0.4, -0.2) is 22.2 Å². The average molecular weight is 283 g/mol. The minimum atomic E-state index is -1.03. The van der Waals surface area contributed by atoms with Gasteiger partial charge in [0.15, 0.2) is 0 Å². The molecule has 1 heterocycles. The minimum Gasteiger partial charge on any atom is -0.481 e. The third-order valence-corrected chi connectivity index (χ3v) is 2.94. The number of nitrogens with zero attached hydrogens (tertiary/aromatic N) is 2. The summed E-state index contributed by atoms with van der Waals surface area (Å²) < 4.78 is 18.7. The van der Waals surface area contributed by atoms with Crippen LogP contribution < -0.4 is 4.74 Å². The second-order valence-electron chi connectivity index (χ2n) is 3.91. The zero-order valence-corrected chi connectivity index (χ0v) is 10.9. The van der Waals surface area contributed by atoms with Crippen LogP contribution in [0.2, 0.25) is 5.02 Å². The Hall–Kier alpha value is -1.72. The van der Waals surface area contributed by atoms with E-state index >= 15 is 0 Å². The van der Waals surface area contributed by atoms with Crippen LogP contribution in [0.5, 0.6) is 5.88 Å². The molecule has 1 aromatic heterocycles. The molecule has 1 unspecified atom stereocenters. The van der Waals surface area contributed by atoms with Crippen molar-refractivity contribution in [1.82, 2.24) is 9.97 Å². The highest BCUT2D eigenvalue weighted by molar-refractivity contribution is 6.30. The lowest BCUT2D eigenvalue weighted by atomic mass is 10.0. The van der Waals surface area contributed by atoms with Gasteiger partial charge in [0.2, 0.25) is 5.88 Å². The predicted molar refractivity (Wildman–Crippen MR) is 68.7 cm³/mol. The Labute approximate surface area is 114 Å². The zero-order chi connectivity index (χ0) is 13.8. The van der Waals surface area contributed by atoms with Gasteiger partial charge in [-0.1, -0.05) is 23.7 Å². The fourth-order valence-electron chi connectivity index (χ4n) is 1.69. The first-order valence-corrected chi connectivity index (χ1v) is 5.96. The molecule has 1 N–H and O–H groups in total. The molecule has 1 aromatic carbocycles. The maximum Gasteiger partial charge on any atom is 0.216 e. The summed E-state index contributed by atoms with van der Waals surface area (Å²) in [6.45, 7) is 0. The minimum absolute atomic E-state index is 0.0168. The van der Waals surface area contributed by atoms with Crippen LogP contribution in [-0.2, 0) is 6.42 Å². The van der Waals surface area contributed by atoms with Crippen molar-refractivity contribution in [2.45, 2.75) is 12.5 Å². The molecule has 0 aliphatic rings. The number of ether oxygens (including phenoxy) is 1. The number of aliphatic hydroxyl groups is 1. The van der Waals surface area contributed by atoms with E-state index in [1.165, 1.54) is 25.6 Å². The summed E-state index contributed by atoms with van der Waals surface area (Å²) in [5.41, 5.74) is 0.698. The fraction of sp³-hybridized carbons (Fsp3) is 0.231. The molecule has 0 aliphatic carbocycles. The second kappa shape index (κ2) is 5.95. The van der Waals surface area contributed by atoms with Gasteiger partial charge in [-0.15, -0.1) is 0 Å². The highest BCUT2D eigenvalue weighted by atomic mass is 35.5. The van der Waals surface area contributed by atoms with Gasteiger partial charge in [-0.3, -0.25) is 0 Å². The van der Waals surface area contributed by atoms with Crippen LogP contribution in [0.15, 0.2) is 30.6 Å². The van der Waals surface area contributed by atoms with Gasteiger partial charge in [0.1, 0.15) is 12.1 Å². The van der Waals surface area contributed by atoms with Crippen molar-refractivity contribution in [3.05, 3.63) is 52.7 Å². The summed E-state index contributed by atoms with van der Waals surface area (Å²) in [7, 11) is 1.49. The molecule has 0 radical (unpaired) electrons. The Kier molecular flexibility index (Phi) is 4.29. The summed E-state index contributed by atoms with van der Waals surface area (Å²) >= 11 is 5.68. The Morgan fingerprint density at radius 2 is 2.21 bits per heavy atom. The monoisotopic (exact) mass is 282 g/mol. The zero-order valence-electron chi connectivity index (χ0n) is 10.2. The molecule has 2 rings (SSSR count). The number of aromatic nitrogens is 2. The van der Waals surface area contributed by atoms with Crippen molar-refractivity contribution in [3.8, 4) is 5.88 Å². The van der Waals surface area contributed by atoms with Gasteiger partial charge in [0.05, 0.1) is 23.9 Å². The molecule has 1 atom stereocenters. The maximum absolute atomic E-state index is 13.8. The number of hydrogen-bond donors (Lipinski definition) is 1. The van der Waals surface area contributed by atoms with E-state index in [-0.39, 0.29) is 17.0 Å². The van der Waals surface area contributed by atoms with Crippen LogP contribution >= 0.6 is 11.6 Å². The number of hydrogen-bond acceptors (Lipinski definition) is 4. The molecule has 0 spiro atoms. The maximum atomic E-state index is 13.8. The largest absolute Gasteiger partial charge is 0.481 e. The molecule has 4 nitrogen and oxygen atoms in total. The van der Waals surface area contributed by atoms with E-state index in [0.717, 1.165) is 0 Å². The molecule has 2 aromatic rings. The highest BCUT2D eigenvalue weighted by Gasteiger charge is 2.16. The second-order valence-corrected chi connectivity index (χ2v) is 4.32. The number of halogens is 2. The fourth-order valence-corrected chi connectivity index (χ4v) is 1.87. The number of aliphatic hydroxyl groups excluding tert-OH is 1. The van der Waals surface area contributed by atoms with E-state index < -0.39 is 11.9 Å². The lowest BCUT2D eigenvalue weighted by Crippen LogP contribution is -2.06. The van der Waals surface area contributed by atoms with E-state index in [1.807, 2.05) is 0 Å². The quantitative estimate of drug-likeness (QED) is 0.936. The van der Waals surface area contributed by atoms with Crippen LogP contribution in [0.1, 0.15) is 17.4 Å². The van der Waals surface area contributed by atoms with E-state index in [9.17, 15) is 9.50 Å². The molecule has 0 aliphatic heterocycles. The van der Waals surface area contributed by atoms with Crippen LogP contribution in [0.4, 0.5) is 4.39 Å². The smallest absolute Gasteiger partial charge is 0.216 e. The Morgan fingerprint density at radius 1 is 1.42 bits per heavy atom. The molecule has 0 fully saturated rings. The number of methoxy groups -OCH3 is 1. The Balaban J connectivity index is 2.20. The first kappa shape index (κ1) is 13.7. The van der Waals surface area contributed by atoms with Crippen molar-refractivity contribution in [3.63, 3.8) is 0 Å². The molecule has 6 heteroatoms. The number of rotatable bonds is 4. The predicted octanol–water partition coefficient (Wildman–Crippen LogP) is 2.55. The molecule has 0 amide bonds. The highest BCUT2D eigenvalue weighted by Crippen LogP contribution is 2.25. The van der Waals surface area contributed by atoms with Crippen molar-refractivity contribution >= 4 is 11.6 Å². The molecule has 0 saturated heterocycles. The van der Waals surface area contributed by atoms with E-state index in [0.29, 0.717) is 11.6 Å². The van der Waals surface area contributed by atoms with Gasteiger partial charge in [0, 0.05) is 18.1 Å². The molecular weight excluding hydrogens is 271 g/mol. The van der Waals surface area contributed by atoms with Crippen molar-refractivity contribution in [2.24, 2.45) is 0 Å². The lowest BCUT2D eigenvalue weighted by molar-refractivity contribution is 0.172.